The highest BCUT2D eigenvalue weighted by Gasteiger charge is 2.28. The molecular formula is C15H25NO2S. The van der Waals surface area contributed by atoms with Crippen molar-refractivity contribution < 1.29 is 9.90 Å². The predicted octanol–water partition coefficient (Wildman–Crippen LogP) is 3.29. The van der Waals surface area contributed by atoms with Crippen molar-refractivity contribution in [1.29, 1.82) is 0 Å². The van der Waals surface area contributed by atoms with E-state index in [4.69, 9.17) is 0 Å². The van der Waals surface area contributed by atoms with Gasteiger partial charge in [0.25, 0.3) is 5.91 Å². The second kappa shape index (κ2) is 7.06. The molecule has 0 aliphatic carbocycles. The quantitative estimate of drug-likeness (QED) is 0.806. The van der Waals surface area contributed by atoms with Crippen LogP contribution in [0.25, 0.3) is 0 Å². The van der Waals surface area contributed by atoms with E-state index in [1.54, 1.807) is 11.3 Å². The Bertz CT molecular complexity index is 414. The molecule has 0 aromatic carbocycles. The van der Waals surface area contributed by atoms with Gasteiger partial charge in [0, 0.05) is 4.88 Å². The average molecular weight is 283 g/mol. The highest BCUT2D eigenvalue weighted by Crippen LogP contribution is 2.24. The Balaban J connectivity index is 2.86. The highest BCUT2D eigenvalue weighted by atomic mass is 32.1. The number of rotatable bonds is 7. The molecule has 0 aliphatic rings. The summed E-state index contributed by atoms with van der Waals surface area (Å²) in [7, 11) is 0. The number of hydrogen-bond acceptors (Lipinski definition) is 3. The number of nitrogens with one attached hydrogen (secondary N) is 1. The van der Waals surface area contributed by atoms with Gasteiger partial charge in [0.15, 0.2) is 0 Å². The number of hydrogen-bond donors (Lipinski definition) is 2. The first kappa shape index (κ1) is 16.2. The molecule has 1 amide bonds. The summed E-state index contributed by atoms with van der Waals surface area (Å²) in [6, 6.07) is 1.99. The number of aliphatic hydroxyl groups excluding tert-OH is 1. The first-order valence-corrected chi connectivity index (χ1v) is 7.86. The van der Waals surface area contributed by atoms with Crippen molar-refractivity contribution in [2.75, 3.05) is 6.61 Å². The Morgan fingerprint density at radius 2 is 2.00 bits per heavy atom. The van der Waals surface area contributed by atoms with Crippen molar-refractivity contribution in [3.8, 4) is 0 Å². The van der Waals surface area contributed by atoms with Crippen molar-refractivity contribution in [1.82, 2.24) is 5.32 Å². The van der Waals surface area contributed by atoms with Crippen LogP contribution in [0.1, 0.15) is 60.1 Å². The first-order chi connectivity index (χ1) is 9.01. The minimum Gasteiger partial charge on any atom is -0.394 e. The van der Waals surface area contributed by atoms with Crippen LogP contribution in [0.4, 0.5) is 0 Å². The smallest absolute Gasteiger partial charge is 0.261 e. The summed E-state index contributed by atoms with van der Waals surface area (Å²) in [4.78, 5) is 14.3. The molecule has 0 saturated heterocycles. The van der Waals surface area contributed by atoms with Gasteiger partial charge >= 0.3 is 0 Å². The summed E-state index contributed by atoms with van der Waals surface area (Å²) in [5, 5.41) is 12.5. The molecule has 1 aromatic heterocycles. The van der Waals surface area contributed by atoms with E-state index >= 15 is 0 Å². The maximum absolute atomic E-state index is 12.3. The van der Waals surface area contributed by atoms with Crippen LogP contribution in [-0.4, -0.2) is 23.2 Å². The van der Waals surface area contributed by atoms with E-state index in [1.807, 2.05) is 19.9 Å². The van der Waals surface area contributed by atoms with E-state index < -0.39 is 5.54 Å². The van der Waals surface area contributed by atoms with E-state index in [9.17, 15) is 9.90 Å². The number of thiophene rings is 1. The van der Waals surface area contributed by atoms with Crippen molar-refractivity contribution in [3.63, 3.8) is 0 Å². The summed E-state index contributed by atoms with van der Waals surface area (Å²) in [6.07, 6.45) is 3.57. The Kier molecular flexibility index (Phi) is 6.01. The van der Waals surface area contributed by atoms with Crippen LogP contribution in [0.2, 0.25) is 0 Å². The Labute approximate surface area is 120 Å². The van der Waals surface area contributed by atoms with Gasteiger partial charge < -0.3 is 10.4 Å². The molecule has 0 atom stereocenters. The van der Waals surface area contributed by atoms with Crippen LogP contribution in [-0.2, 0) is 6.42 Å². The zero-order chi connectivity index (χ0) is 14.5. The number of aryl methyl sites for hydroxylation is 2. The Morgan fingerprint density at radius 3 is 2.47 bits per heavy atom. The van der Waals surface area contributed by atoms with E-state index in [-0.39, 0.29) is 12.5 Å². The fraction of sp³-hybridized carbons (Fsp3) is 0.667. The van der Waals surface area contributed by atoms with Crippen molar-refractivity contribution in [2.24, 2.45) is 0 Å². The summed E-state index contributed by atoms with van der Waals surface area (Å²) >= 11 is 1.54. The molecule has 19 heavy (non-hydrogen) atoms. The van der Waals surface area contributed by atoms with Gasteiger partial charge in [-0.25, -0.2) is 0 Å². The third kappa shape index (κ3) is 3.80. The predicted molar refractivity (Wildman–Crippen MR) is 80.9 cm³/mol. The number of carbonyl (C=O) groups is 1. The van der Waals surface area contributed by atoms with Gasteiger partial charge in [-0.2, -0.15) is 0 Å². The lowest BCUT2D eigenvalue weighted by molar-refractivity contribution is 0.0822. The van der Waals surface area contributed by atoms with E-state index in [1.165, 1.54) is 10.4 Å². The number of amides is 1. The molecule has 0 aliphatic heterocycles. The second-order valence-corrected chi connectivity index (χ2v) is 6.30. The third-order valence-electron chi connectivity index (χ3n) is 3.80. The second-order valence-electron chi connectivity index (χ2n) is 5.04. The monoisotopic (exact) mass is 283 g/mol. The zero-order valence-electron chi connectivity index (χ0n) is 12.4. The maximum atomic E-state index is 12.3. The van der Waals surface area contributed by atoms with Crippen LogP contribution in [0, 0.1) is 6.92 Å². The molecule has 2 N–H and O–H groups in total. The molecule has 0 unspecified atom stereocenters. The summed E-state index contributed by atoms with van der Waals surface area (Å²) in [5.74, 6) is -0.0618. The van der Waals surface area contributed by atoms with Gasteiger partial charge in [-0.15, -0.1) is 11.3 Å². The molecule has 0 radical (unpaired) electrons. The minimum absolute atomic E-state index is 0.0160. The molecule has 1 rings (SSSR count). The van der Waals surface area contributed by atoms with Crippen molar-refractivity contribution >= 4 is 17.2 Å². The fourth-order valence-corrected chi connectivity index (χ4v) is 3.11. The van der Waals surface area contributed by atoms with Crippen LogP contribution in [0.3, 0.4) is 0 Å². The molecule has 4 heteroatoms. The van der Waals surface area contributed by atoms with Gasteiger partial charge in [-0.05, 0) is 37.8 Å². The van der Waals surface area contributed by atoms with Crippen LogP contribution < -0.4 is 5.32 Å². The van der Waals surface area contributed by atoms with Crippen molar-refractivity contribution in [2.45, 2.75) is 58.9 Å². The highest BCUT2D eigenvalue weighted by molar-refractivity contribution is 7.14. The maximum Gasteiger partial charge on any atom is 0.261 e. The molecule has 1 heterocycles. The third-order valence-corrected chi connectivity index (χ3v) is 4.89. The van der Waals surface area contributed by atoms with Gasteiger partial charge in [-0.3, -0.25) is 4.79 Å². The van der Waals surface area contributed by atoms with Gasteiger partial charge in [0.2, 0.25) is 0 Å². The molecule has 0 bridgehead atoms. The number of aliphatic hydroxyl groups is 1. The topological polar surface area (TPSA) is 49.3 Å². The molecule has 0 spiro atoms. The van der Waals surface area contributed by atoms with Crippen molar-refractivity contribution in [3.05, 3.63) is 21.4 Å². The van der Waals surface area contributed by atoms with E-state index in [0.29, 0.717) is 0 Å². The molecule has 0 saturated carbocycles. The summed E-state index contributed by atoms with van der Waals surface area (Å²) < 4.78 is 0. The van der Waals surface area contributed by atoms with E-state index in [2.05, 4.69) is 19.2 Å². The van der Waals surface area contributed by atoms with Crippen LogP contribution >= 0.6 is 11.3 Å². The SMILES string of the molecule is CCCc1cc(C(=O)NC(CC)(CC)CO)sc1C. The molecule has 1 aromatic rings. The van der Waals surface area contributed by atoms with Gasteiger partial charge in [0.05, 0.1) is 17.0 Å². The summed E-state index contributed by atoms with van der Waals surface area (Å²) in [5.41, 5.74) is 0.778. The minimum atomic E-state index is -0.486. The van der Waals surface area contributed by atoms with Gasteiger partial charge in [-0.1, -0.05) is 27.2 Å². The molecular weight excluding hydrogens is 258 g/mol. The van der Waals surface area contributed by atoms with Crippen LogP contribution in [0.5, 0.6) is 0 Å². The molecule has 3 nitrogen and oxygen atoms in total. The molecule has 0 fully saturated rings. The zero-order valence-corrected chi connectivity index (χ0v) is 13.2. The molecule has 108 valence electrons. The largest absolute Gasteiger partial charge is 0.394 e. The fourth-order valence-electron chi connectivity index (χ4n) is 2.14. The van der Waals surface area contributed by atoms with E-state index in [0.717, 1.165) is 30.6 Å². The Morgan fingerprint density at radius 1 is 1.37 bits per heavy atom. The number of carbonyl (C=O) groups excluding carboxylic acids is 1. The normalized spacial score (nSPS) is 11.6. The lowest BCUT2D eigenvalue weighted by Crippen LogP contribution is -2.50. The average Bonchev–Trinajstić information content (AvgIpc) is 2.78. The standard InChI is InChI=1S/C15H25NO2S/c1-5-8-12-9-13(19-11(12)4)14(18)16-15(6-2,7-3)10-17/h9,17H,5-8,10H2,1-4H3,(H,16,18). The Hall–Kier alpha value is -0.870. The summed E-state index contributed by atoms with van der Waals surface area (Å²) in [6.45, 7) is 8.16. The van der Waals surface area contributed by atoms with Gasteiger partial charge in [0.1, 0.15) is 0 Å². The lowest BCUT2D eigenvalue weighted by Gasteiger charge is -2.30. The lowest BCUT2D eigenvalue weighted by atomic mass is 9.94. The van der Waals surface area contributed by atoms with Crippen LogP contribution in [0.15, 0.2) is 6.07 Å². The first-order valence-electron chi connectivity index (χ1n) is 7.04.